The van der Waals surface area contributed by atoms with Crippen molar-refractivity contribution in [3.05, 3.63) is 59.5 Å². The summed E-state index contributed by atoms with van der Waals surface area (Å²) in [6.07, 6.45) is -1.72. The lowest BCUT2D eigenvalue weighted by molar-refractivity contribution is -0.137. The highest BCUT2D eigenvalue weighted by atomic mass is 19.4. The van der Waals surface area contributed by atoms with Gasteiger partial charge in [0, 0.05) is 44.8 Å². The number of pyridine rings is 1. The molecule has 6 nitrogen and oxygen atoms in total. The number of aromatic nitrogens is 3. The molecule has 9 heteroatoms. The summed E-state index contributed by atoms with van der Waals surface area (Å²) in [5.74, 6) is 2.04. The highest BCUT2D eigenvalue weighted by Crippen LogP contribution is 2.31. The number of halogens is 3. The van der Waals surface area contributed by atoms with E-state index in [1.165, 1.54) is 12.1 Å². The predicted octanol–water partition coefficient (Wildman–Crippen LogP) is 4.99. The van der Waals surface area contributed by atoms with Crippen molar-refractivity contribution >= 4 is 5.82 Å². The third-order valence-electron chi connectivity index (χ3n) is 5.52. The molecule has 2 aromatic heterocycles. The molecule has 3 heterocycles. The third-order valence-corrected chi connectivity index (χ3v) is 5.52. The lowest BCUT2D eigenvalue weighted by Crippen LogP contribution is -2.31. The fourth-order valence-electron chi connectivity index (χ4n) is 3.84. The van der Waals surface area contributed by atoms with Crippen LogP contribution >= 0.6 is 0 Å². The Morgan fingerprint density at radius 1 is 1.06 bits per heavy atom. The van der Waals surface area contributed by atoms with Gasteiger partial charge in [0.15, 0.2) is 5.82 Å². The summed E-state index contributed by atoms with van der Waals surface area (Å²) in [6.45, 7) is 7.50. The lowest BCUT2D eigenvalue weighted by atomic mass is 10.1. The van der Waals surface area contributed by atoms with Crippen molar-refractivity contribution in [2.75, 3.05) is 31.1 Å². The molecule has 1 saturated heterocycles. The van der Waals surface area contributed by atoms with Crippen molar-refractivity contribution in [3.8, 4) is 11.5 Å². The molecule has 4 rings (SSSR count). The Hall–Kier alpha value is -2.94. The first-order chi connectivity index (χ1) is 15.3. The van der Waals surface area contributed by atoms with E-state index >= 15 is 0 Å². The topological polar surface area (TPSA) is 58.3 Å². The van der Waals surface area contributed by atoms with Crippen LogP contribution in [0, 0.1) is 0 Å². The second-order valence-corrected chi connectivity index (χ2v) is 8.30. The minimum absolute atomic E-state index is 0.162. The van der Waals surface area contributed by atoms with Crippen LogP contribution < -0.4 is 4.90 Å². The molecule has 0 saturated carbocycles. The monoisotopic (exact) mass is 445 g/mol. The van der Waals surface area contributed by atoms with Crippen molar-refractivity contribution < 1.29 is 17.7 Å². The number of rotatable bonds is 5. The molecule has 1 aliphatic rings. The molecule has 0 amide bonds. The van der Waals surface area contributed by atoms with Crippen LogP contribution in [0.4, 0.5) is 19.0 Å². The highest BCUT2D eigenvalue weighted by molar-refractivity contribution is 5.69. The normalized spacial score (nSPS) is 15.9. The van der Waals surface area contributed by atoms with Crippen molar-refractivity contribution in [1.82, 2.24) is 20.0 Å². The van der Waals surface area contributed by atoms with Crippen LogP contribution in [-0.4, -0.2) is 46.2 Å². The van der Waals surface area contributed by atoms with Crippen LogP contribution in [0.15, 0.2) is 47.1 Å². The first-order valence-electron chi connectivity index (χ1n) is 10.7. The largest absolute Gasteiger partial charge is 0.416 e. The van der Waals surface area contributed by atoms with Crippen molar-refractivity contribution in [3.63, 3.8) is 0 Å². The van der Waals surface area contributed by atoms with Gasteiger partial charge in [-0.25, -0.2) is 4.98 Å². The van der Waals surface area contributed by atoms with Gasteiger partial charge < -0.3 is 9.42 Å². The first-order valence-corrected chi connectivity index (χ1v) is 10.7. The van der Waals surface area contributed by atoms with E-state index in [0.29, 0.717) is 36.9 Å². The quantitative estimate of drug-likeness (QED) is 0.552. The smallest absolute Gasteiger partial charge is 0.355 e. The van der Waals surface area contributed by atoms with Gasteiger partial charge in [-0.2, -0.15) is 18.2 Å². The molecular formula is C23H26F3N5O. The Balaban J connectivity index is 1.47. The van der Waals surface area contributed by atoms with E-state index in [0.717, 1.165) is 37.0 Å². The molecule has 32 heavy (non-hydrogen) atoms. The fraction of sp³-hybridized carbons (Fsp3) is 0.435. The summed E-state index contributed by atoms with van der Waals surface area (Å²) < 4.78 is 44.6. The summed E-state index contributed by atoms with van der Waals surface area (Å²) in [7, 11) is 0. The van der Waals surface area contributed by atoms with Crippen LogP contribution in [0.1, 0.15) is 43.1 Å². The van der Waals surface area contributed by atoms with Gasteiger partial charge in [0.1, 0.15) is 5.82 Å². The van der Waals surface area contributed by atoms with Gasteiger partial charge in [-0.1, -0.05) is 37.2 Å². The first kappa shape index (κ1) is 22.3. The summed E-state index contributed by atoms with van der Waals surface area (Å²) in [4.78, 5) is 13.5. The van der Waals surface area contributed by atoms with Gasteiger partial charge in [-0.15, -0.1) is 0 Å². The molecule has 0 unspecified atom stereocenters. The maximum absolute atomic E-state index is 13.0. The molecule has 0 radical (unpaired) electrons. The van der Waals surface area contributed by atoms with Crippen LogP contribution in [0.2, 0.25) is 0 Å². The maximum atomic E-state index is 13.0. The van der Waals surface area contributed by atoms with Crippen LogP contribution in [0.5, 0.6) is 0 Å². The van der Waals surface area contributed by atoms with Gasteiger partial charge >= 0.3 is 6.18 Å². The molecule has 0 aliphatic carbocycles. The molecule has 0 bridgehead atoms. The summed E-state index contributed by atoms with van der Waals surface area (Å²) in [6, 6.07) is 9.33. The number of alkyl halides is 3. The van der Waals surface area contributed by atoms with Gasteiger partial charge in [0.25, 0.3) is 5.89 Å². The Kier molecular flexibility index (Phi) is 6.45. The second kappa shape index (κ2) is 9.28. The van der Waals surface area contributed by atoms with E-state index in [-0.39, 0.29) is 5.92 Å². The van der Waals surface area contributed by atoms with Crippen LogP contribution in [-0.2, 0) is 12.7 Å². The average Bonchev–Trinajstić information content (AvgIpc) is 3.15. The Bertz CT molecular complexity index is 1050. The van der Waals surface area contributed by atoms with Crippen LogP contribution in [0.3, 0.4) is 0 Å². The average molecular weight is 445 g/mol. The van der Waals surface area contributed by atoms with Crippen LogP contribution in [0.25, 0.3) is 11.5 Å². The Labute approximate surface area is 185 Å². The molecule has 0 atom stereocenters. The summed E-state index contributed by atoms with van der Waals surface area (Å²) >= 11 is 0. The predicted molar refractivity (Wildman–Crippen MR) is 115 cm³/mol. The SMILES string of the molecule is CC(C)c1noc(-c2cccnc2N2CCCN(Cc3cccc(C(F)(F)F)c3)CC2)n1. The Morgan fingerprint density at radius 2 is 1.91 bits per heavy atom. The van der Waals surface area contributed by atoms with E-state index in [4.69, 9.17) is 4.52 Å². The molecule has 3 aromatic rings. The van der Waals surface area contributed by atoms with E-state index in [1.807, 2.05) is 26.0 Å². The third kappa shape index (κ3) is 5.09. The van der Waals surface area contributed by atoms with Gasteiger partial charge in [-0.3, -0.25) is 4.90 Å². The zero-order valence-electron chi connectivity index (χ0n) is 18.1. The number of hydrogen-bond acceptors (Lipinski definition) is 6. The molecule has 0 spiro atoms. The van der Waals surface area contributed by atoms with Gasteiger partial charge in [0.2, 0.25) is 0 Å². The summed E-state index contributed by atoms with van der Waals surface area (Å²) in [5.41, 5.74) is 0.849. The number of nitrogens with zero attached hydrogens (tertiary/aromatic N) is 5. The minimum Gasteiger partial charge on any atom is -0.355 e. The van der Waals surface area contributed by atoms with E-state index < -0.39 is 11.7 Å². The molecular weight excluding hydrogens is 419 g/mol. The lowest BCUT2D eigenvalue weighted by Gasteiger charge is -2.24. The van der Waals surface area contributed by atoms with Gasteiger partial charge in [-0.05, 0) is 30.2 Å². The number of benzene rings is 1. The molecule has 1 fully saturated rings. The zero-order chi connectivity index (χ0) is 22.7. The van der Waals surface area contributed by atoms with E-state index in [9.17, 15) is 13.2 Å². The van der Waals surface area contributed by atoms with Crippen molar-refractivity contribution in [2.45, 2.75) is 38.9 Å². The number of hydrogen-bond donors (Lipinski definition) is 0. The second-order valence-electron chi connectivity index (χ2n) is 8.30. The molecule has 170 valence electrons. The van der Waals surface area contributed by atoms with Crippen molar-refractivity contribution in [1.29, 1.82) is 0 Å². The Morgan fingerprint density at radius 3 is 2.66 bits per heavy atom. The summed E-state index contributed by atoms with van der Waals surface area (Å²) in [5, 5.41) is 4.06. The maximum Gasteiger partial charge on any atom is 0.416 e. The van der Waals surface area contributed by atoms with E-state index in [1.54, 1.807) is 12.3 Å². The molecule has 1 aromatic carbocycles. The molecule has 0 N–H and O–H groups in total. The fourth-order valence-corrected chi connectivity index (χ4v) is 3.84. The zero-order valence-corrected chi connectivity index (χ0v) is 18.1. The van der Waals surface area contributed by atoms with E-state index in [2.05, 4.69) is 24.9 Å². The minimum atomic E-state index is -4.33. The number of anilines is 1. The standard InChI is InChI=1S/C23H26F3N5O/c1-16(2)20-28-22(32-29-20)19-8-4-9-27-21(19)31-11-5-10-30(12-13-31)15-17-6-3-7-18(14-17)23(24,25)26/h3-4,6-9,14,16H,5,10-13,15H2,1-2H3. The van der Waals surface area contributed by atoms with Gasteiger partial charge in [0.05, 0.1) is 11.1 Å². The molecule has 1 aliphatic heterocycles. The van der Waals surface area contributed by atoms with Crippen molar-refractivity contribution in [2.24, 2.45) is 0 Å². The highest BCUT2D eigenvalue weighted by Gasteiger charge is 2.30.